The predicted octanol–water partition coefficient (Wildman–Crippen LogP) is 2.44. The molecule has 1 atom stereocenters. The Morgan fingerprint density at radius 1 is 1.11 bits per heavy atom. The van der Waals surface area contributed by atoms with E-state index in [1.54, 1.807) is 12.1 Å². The fourth-order valence-corrected chi connectivity index (χ4v) is 3.05. The zero-order valence-electron chi connectivity index (χ0n) is 15.2. The van der Waals surface area contributed by atoms with Gasteiger partial charge in [-0.3, -0.25) is 4.79 Å². The monoisotopic (exact) mass is 372 g/mol. The third kappa shape index (κ3) is 5.77. The molecule has 0 aliphatic carbocycles. The second kappa shape index (κ2) is 9.48. The van der Waals surface area contributed by atoms with E-state index in [9.17, 15) is 14.3 Å². The summed E-state index contributed by atoms with van der Waals surface area (Å²) in [4.78, 5) is 14.2. The highest BCUT2D eigenvalue weighted by Gasteiger charge is 2.13. The lowest BCUT2D eigenvalue weighted by molar-refractivity contribution is -0.121. The Labute approximate surface area is 158 Å². The number of rotatable bonds is 7. The van der Waals surface area contributed by atoms with E-state index >= 15 is 0 Å². The molecule has 2 N–H and O–H groups in total. The summed E-state index contributed by atoms with van der Waals surface area (Å²) in [6.45, 7) is 3.36. The van der Waals surface area contributed by atoms with Crippen molar-refractivity contribution in [3.8, 4) is 0 Å². The SMILES string of the molecule is O=C(CCc1ccc(F)cc1)NCC(O)c1ccc(N2CCOCC2)cc1. The van der Waals surface area contributed by atoms with Gasteiger partial charge in [0.2, 0.25) is 5.91 Å². The first-order valence-corrected chi connectivity index (χ1v) is 9.24. The smallest absolute Gasteiger partial charge is 0.220 e. The van der Waals surface area contributed by atoms with E-state index in [0.29, 0.717) is 12.8 Å². The van der Waals surface area contributed by atoms with Gasteiger partial charge in [0, 0.05) is 31.7 Å². The summed E-state index contributed by atoms with van der Waals surface area (Å²) >= 11 is 0. The Bertz CT molecular complexity index is 728. The molecule has 0 radical (unpaired) electrons. The fraction of sp³-hybridized carbons (Fsp3) is 0.381. The summed E-state index contributed by atoms with van der Waals surface area (Å²) < 4.78 is 18.2. The van der Waals surface area contributed by atoms with Gasteiger partial charge in [0.25, 0.3) is 0 Å². The zero-order valence-corrected chi connectivity index (χ0v) is 15.2. The standard InChI is InChI=1S/C21H25FN2O3/c22-18-6-1-16(2-7-18)3-10-21(26)23-15-20(25)17-4-8-19(9-5-17)24-11-13-27-14-12-24/h1-2,4-9,20,25H,3,10-15H2,(H,23,26). The van der Waals surface area contributed by atoms with Crippen LogP contribution >= 0.6 is 0 Å². The van der Waals surface area contributed by atoms with Crippen molar-refractivity contribution >= 4 is 11.6 Å². The molecule has 1 saturated heterocycles. The number of anilines is 1. The largest absolute Gasteiger partial charge is 0.387 e. The topological polar surface area (TPSA) is 61.8 Å². The Kier molecular flexibility index (Phi) is 6.79. The van der Waals surface area contributed by atoms with Gasteiger partial charge < -0.3 is 20.1 Å². The van der Waals surface area contributed by atoms with Crippen molar-refractivity contribution in [2.24, 2.45) is 0 Å². The normalized spacial score (nSPS) is 15.4. The molecular formula is C21H25FN2O3. The van der Waals surface area contributed by atoms with Crippen LogP contribution < -0.4 is 10.2 Å². The lowest BCUT2D eigenvalue weighted by atomic mass is 10.1. The lowest BCUT2D eigenvalue weighted by Gasteiger charge is -2.29. The van der Waals surface area contributed by atoms with Crippen LogP contribution in [0.4, 0.5) is 10.1 Å². The van der Waals surface area contributed by atoms with Gasteiger partial charge in [-0.1, -0.05) is 24.3 Å². The highest BCUT2D eigenvalue weighted by Crippen LogP contribution is 2.20. The number of ether oxygens (including phenoxy) is 1. The number of aliphatic hydroxyl groups is 1. The maximum atomic E-state index is 12.9. The molecule has 2 aromatic carbocycles. The van der Waals surface area contributed by atoms with Crippen molar-refractivity contribution < 1.29 is 19.0 Å². The van der Waals surface area contributed by atoms with E-state index < -0.39 is 6.10 Å². The van der Waals surface area contributed by atoms with Crippen LogP contribution in [0.15, 0.2) is 48.5 Å². The minimum Gasteiger partial charge on any atom is -0.387 e. The third-order valence-corrected chi connectivity index (χ3v) is 4.70. The highest BCUT2D eigenvalue weighted by molar-refractivity contribution is 5.76. The zero-order chi connectivity index (χ0) is 19.1. The number of nitrogens with one attached hydrogen (secondary N) is 1. The van der Waals surface area contributed by atoms with E-state index in [1.807, 2.05) is 24.3 Å². The number of nitrogens with zero attached hydrogens (tertiary/aromatic N) is 1. The average Bonchev–Trinajstić information content (AvgIpc) is 2.72. The molecule has 1 aliphatic rings. The highest BCUT2D eigenvalue weighted by atomic mass is 19.1. The van der Waals surface area contributed by atoms with Gasteiger partial charge in [-0.2, -0.15) is 0 Å². The minimum atomic E-state index is -0.751. The molecule has 1 unspecified atom stereocenters. The number of carbonyl (C=O) groups is 1. The molecule has 5 nitrogen and oxygen atoms in total. The van der Waals surface area contributed by atoms with Crippen LogP contribution in [-0.2, 0) is 16.0 Å². The summed E-state index contributed by atoms with van der Waals surface area (Å²) in [5.74, 6) is -0.422. The summed E-state index contributed by atoms with van der Waals surface area (Å²) in [5, 5.41) is 13.0. The second-order valence-corrected chi connectivity index (χ2v) is 6.64. The van der Waals surface area contributed by atoms with Crippen LogP contribution in [0.25, 0.3) is 0 Å². The van der Waals surface area contributed by atoms with Crippen molar-refractivity contribution in [3.63, 3.8) is 0 Å². The molecule has 2 aromatic rings. The second-order valence-electron chi connectivity index (χ2n) is 6.64. The Balaban J connectivity index is 1.43. The van der Waals surface area contributed by atoms with Gasteiger partial charge in [0.05, 0.1) is 19.3 Å². The third-order valence-electron chi connectivity index (χ3n) is 4.70. The van der Waals surface area contributed by atoms with E-state index in [1.165, 1.54) is 12.1 Å². The van der Waals surface area contributed by atoms with Gasteiger partial charge in [-0.15, -0.1) is 0 Å². The molecular weight excluding hydrogens is 347 g/mol. The number of carbonyl (C=O) groups excluding carboxylic acids is 1. The van der Waals surface area contributed by atoms with Crippen LogP contribution in [-0.4, -0.2) is 43.9 Å². The average molecular weight is 372 g/mol. The fourth-order valence-electron chi connectivity index (χ4n) is 3.05. The molecule has 1 fully saturated rings. The van der Waals surface area contributed by atoms with Crippen LogP contribution in [0, 0.1) is 5.82 Å². The first-order chi connectivity index (χ1) is 13.1. The molecule has 3 rings (SSSR count). The Morgan fingerprint density at radius 2 is 1.78 bits per heavy atom. The van der Waals surface area contributed by atoms with E-state index in [2.05, 4.69) is 10.2 Å². The summed E-state index contributed by atoms with van der Waals surface area (Å²) in [5.41, 5.74) is 2.79. The molecule has 144 valence electrons. The van der Waals surface area contributed by atoms with Gasteiger partial charge in [0.15, 0.2) is 0 Å². The van der Waals surface area contributed by atoms with Gasteiger partial charge >= 0.3 is 0 Å². The number of halogens is 1. The minimum absolute atomic E-state index is 0.136. The molecule has 27 heavy (non-hydrogen) atoms. The van der Waals surface area contributed by atoms with Crippen molar-refractivity contribution in [2.45, 2.75) is 18.9 Å². The van der Waals surface area contributed by atoms with E-state index in [-0.39, 0.29) is 18.3 Å². The number of amides is 1. The van der Waals surface area contributed by atoms with Crippen molar-refractivity contribution in [1.82, 2.24) is 5.32 Å². The number of aliphatic hydroxyl groups excluding tert-OH is 1. The van der Waals surface area contributed by atoms with Crippen LogP contribution in [0.3, 0.4) is 0 Å². The molecule has 0 bridgehead atoms. The molecule has 0 aromatic heterocycles. The maximum absolute atomic E-state index is 12.9. The number of aryl methyl sites for hydroxylation is 1. The number of hydrogen-bond acceptors (Lipinski definition) is 4. The Hall–Kier alpha value is -2.44. The molecule has 0 saturated carbocycles. The summed E-state index contributed by atoms with van der Waals surface area (Å²) in [6.07, 6.45) is 0.0867. The van der Waals surface area contributed by atoms with Gasteiger partial charge in [0.1, 0.15) is 5.82 Å². The number of hydrogen-bond donors (Lipinski definition) is 2. The Morgan fingerprint density at radius 3 is 2.44 bits per heavy atom. The van der Waals surface area contributed by atoms with E-state index in [4.69, 9.17) is 4.74 Å². The van der Waals surface area contributed by atoms with Crippen LogP contribution in [0.1, 0.15) is 23.7 Å². The van der Waals surface area contributed by atoms with Crippen molar-refractivity contribution in [3.05, 3.63) is 65.5 Å². The number of benzene rings is 2. The van der Waals surface area contributed by atoms with Crippen molar-refractivity contribution in [2.75, 3.05) is 37.7 Å². The lowest BCUT2D eigenvalue weighted by Crippen LogP contribution is -2.36. The number of morpholine rings is 1. The van der Waals surface area contributed by atoms with E-state index in [0.717, 1.165) is 43.1 Å². The van der Waals surface area contributed by atoms with Gasteiger partial charge in [-0.05, 0) is 41.8 Å². The first kappa shape index (κ1) is 19.3. The molecule has 6 heteroatoms. The molecule has 1 aliphatic heterocycles. The molecule has 1 heterocycles. The molecule has 1 amide bonds. The quantitative estimate of drug-likeness (QED) is 0.784. The first-order valence-electron chi connectivity index (χ1n) is 9.24. The summed E-state index contributed by atoms with van der Waals surface area (Å²) in [6, 6.07) is 13.9. The van der Waals surface area contributed by atoms with Crippen LogP contribution in [0.2, 0.25) is 0 Å². The van der Waals surface area contributed by atoms with Gasteiger partial charge in [-0.25, -0.2) is 4.39 Å². The van der Waals surface area contributed by atoms with Crippen LogP contribution in [0.5, 0.6) is 0 Å². The van der Waals surface area contributed by atoms with Crippen molar-refractivity contribution in [1.29, 1.82) is 0 Å². The maximum Gasteiger partial charge on any atom is 0.220 e. The predicted molar refractivity (Wildman–Crippen MR) is 102 cm³/mol. The summed E-state index contributed by atoms with van der Waals surface area (Å²) in [7, 11) is 0. The molecule has 0 spiro atoms.